The maximum Gasteiger partial charge on any atom is 0.0836 e. The van der Waals surface area contributed by atoms with Crippen molar-refractivity contribution in [1.29, 1.82) is 0 Å². The van der Waals surface area contributed by atoms with Crippen LogP contribution < -0.4 is 5.32 Å². The third-order valence-corrected chi connectivity index (χ3v) is 4.56. The molecule has 2 aliphatic rings. The summed E-state index contributed by atoms with van der Waals surface area (Å²) in [4.78, 5) is 0. The molecule has 0 radical (unpaired) electrons. The van der Waals surface area contributed by atoms with Crippen LogP contribution in [0.3, 0.4) is 0 Å². The molecule has 1 spiro atoms. The zero-order valence-electron chi connectivity index (χ0n) is 10.5. The van der Waals surface area contributed by atoms with E-state index in [1.165, 1.54) is 19.3 Å². The van der Waals surface area contributed by atoms with E-state index in [2.05, 4.69) is 33.0 Å². The maximum absolute atomic E-state index is 6.33. The van der Waals surface area contributed by atoms with E-state index < -0.39 is 0 Å². The molecule has 2 heteroatoms. The third kappa shape index (κ3) is 2.07. The fraction of sp³-hybridized carbons (Fsp3) is 1.00. The van der Waals surface area contributed by atoms with Crippen molar-refractivity contribution < 1.29 is 4.74 Å². The van der Waals surface area contributed by atoms with Crippen molar-refractivity contribution in [2.24, 2.45) is 11.8 Å². The van der Waals surface area contributed by atoms with Gasteiger partial charge in [0.15, 0.2) is 0 Å². The highest BCUT2D eigenvalue weighted by Gasteiger charge is 2.45. The lowest BCUT2D eigenvalue weighted by Gasteiger charge is -2.50. The zero-order chi connectivity index (χ0) is 11.1. The van der Waals surface area contributed by atoms with Crippen LogP contribution in [0.1, 0.15) is 47.0 Å². The number of rotatable bonds is 0. The van der Waals surface area contributed by atoms with E-state index in [1.807, 2.05) is 0 Å². The van der Waals surface area contributed by atoms with Crippen LogP contribution in [0, 0.1) is 11.8 Å². The first-order valence-electron chi connectivity index (χ1n) is 6.45. The van der Waals surface area contributed by atoms with Gasteiger partial charge in [0.2, 0.25) is 0 Å². The van der Waals surface area contributed by atoms with Crippen molar-refractivity contribution in [3.8, 4) is 0 Å². The Kier molecular flexibility index (Phi) is 3.09. The summed E-state index contributed by atoms with van der Waals surface area (Å²) in [6.45, 7) is 10.2. The van der Waals surface area contributed by atoms with Crippen molar-refractivity contribution in [2.45, 2.75) is 64.7 Å². The third-order valence-electron chi connectivity index (χ3n) is 4.56. The summed E-state index contributed by atoms with van der Waals surface area (Å²) < 4.78 is 6.33. The fourth-order valence-electron chi connectivity index (χ4n) is 3.12. The number of ether oxygens (including phenoxy) is 1. The lowest BCUT2D eigenvalue weighted by Crippen LogP contribution is -2.61. The standard InChI is InChI=1S/C13H25NO/c1-9-5-6-13(10(2)7-9)8-14-11(3)12(4)15-13/h9-12,14H,5-8H2,1-4H3. The number of nitrogens with one attached hydrogen (secondary N) is 1. The lowest BCUT2D eigenvalue weighted by atomic mass is 9.71. The molecular formula is C13H25NO. The van der Waals surface area contributed by atoms with E-state index in [1.54, 1.807) is 0 Å². The first-order chi connectivity index (χ1) is 7.03. The Hall–Kier alpha value is -0.0800. The van der Waals surface area contributed by atoms with Crippen molar-refractivity contribution >= 4 is 0 Å². The van der Waals surface area contributed by atoms with Gasteiger partial charge in [-0.05, 0) is 44.9 Å². The highest BCUT2D eigenvalue weighted by molar-refractivity contribution is 4.98. The molecule has 1 N–H and O–H groups in total. The van der Waals surface area contributed by atoms with Crippen LogP contribution in [-0.4, -0.2) is 24.3 Å². The molecule has 5 unspecified atom stereocenters. The molecule has 2 rings (SSSR count). The molecule has 0 aromatic carbocycles. The second-order valence-corrected chi connectivity index (χ2v) is 5.84. The summed E-state index contributed by atoms with van der Waals surface area (Å²) in [6, 6.07) is 0.502. The van der Waals surface area contributed by atoms with Gasteiger partial charge in [-0.25, -0.2) is 0 Å². The summed E-state index contributed by atoms with van der Waals surface area (Å²) in [5, 5.41) is 3.61. The van der Waals surface area contributed by atoms with Crippen molar-refractivity contribution in [3.63, 3.8) is 0 Å². The predicted octanol–water partition coefficient (Wildman–Crippen LogP) is 2.58. The van der Waals surface area contributed by atoms with Crippen LogP contribution in [0.5, 0.6) is 0 Å². The topological polar surface area (TPSA) is 21.3 Å². The molecule has 2 nitrogen and oxygen atoms in total. The van der Waals surface area contributed by atoms with Gasteiger partial charge in [0, 0.05) is 12.6 Å². The van der Waals surface area contributed by atoms with Crippen LogP contribution in [0.4, 0.5) is 0 Å². The molecule has 1 heterocycles. The molecule has 2 fully saturated rings. The molecule has 1 saturated carbocycles. The van der Waals surface area contributed by atoms with Crippen molar-refractivity contribution in [3.05, 3.63) is 0 Å². The summed E-state index contributed by atoms with van der Waals surface area (Å²) in [7, 11) is 0. The van der Waals surface area contributed by atoms with Crippen LogP contribution in [0.15, 0.2) is 0 Å². The first kappa shape index (κ1) is 11.4. The molecule has 0 bridgehead atoms. The summed E-state index contributed by atoms with van der Waals surface area (Å²) in [5.74, 6) is 1.58. The largest absolute Gasteiger partial charge is 0.369 e. The smallest absolute Gasteiger partial charge is 0.0836 e. The molecule has 1 aliphatic heterocycles. The lowest BCUT2D eigenvalue weighted by molar-refractivity contribution is -0.171. The molecule has 0 amide bonds. The summed E-state index contributed by atoms with van der Waals surface area (Å²) in [5.41, 5.74) is 0.137. The Labute approximate surface area is 93.8 Å². The highest BCUT2D eigenvalue weighted by atomic mass is 16.5. The molecule has 88 valence electrons. The van der Waals surface area contributed by atoms with E-state index in [-0.39, 0.29) is 5.60 Å². The van der Waals surface area contributed by atoms with Gasteiger partial charge in [-0.2, -0.15) is 0 Å². The predicted molar refractivity (Wildman–Crippen MR) is 62.9 cm³/mol. The molecule has 0 aromatic heterocycles. The SMILES string of the molecule is CC1CCC2(CNC(C)C(C)O2)C(C)C1. The monoisotopic (exact) mass is 211 g/mol. The average molecular weight is 211 g/mol. The minimum atomic E-state index is 0.137. The summed E-state index contributed by atoms with van der Waals surface area (Å²) >= 11 is 0. The molecule has 1 saturated heterocycles. The van der Waals surface area contributed by atoms with E-state index in [0.29, 0.717) is 18.1 Å². The second-order valence-electron chi connectivity index (χ2n) is 5.84. The van der Waals surface area contributed by atoms with Gasteiger partial charge >= 0.3 is 0 Å². The molecule has 5 atom stereocenters. The maximum atomic E-state index is 6.33. The Balaban J connectivity index is 2.06. The Bertz CT molecular complexity index is 227. The minimum absolute atomic E-state index is 0.137. The number of morpholine rings is 1. The Morgan fingerprint density at radius 3 is 2.53 bits per heavy atom. The van der Waals surface area contributed by atoms with Crippen molar-refractivity contribution in [2.75, 3.05) is 6.54 Å². The minimum Gasteiger partial charge on any atom is -0.369 e. The second kappa shape index (κ2) is 4.06. The van der Waals surface area contributed by atoms with Crippen LogP contribution in [0.2, 0.25) is 0 Å². The van der Waals surface area contributed by atoms with E-state index in [0.717, 1.165) is 12.5 Å². The van der Waals surface area contributed by atoms with Crippen LogP contribution >= 0.6 is 0 Å². The highest BCUT2D eigenvalue weighted by Crippen LogP contribution is 2.41. The number of hydrogen-bond acceptors (Lipinski definition) is 2. The summed E-state index contributed by atoms with van der Waals surface area (Å²) in [6.07, 6.45) is 4.24. The number of hydrogen-bond donors (Lipinski definition) is 1. The van der Waals surface area contributed by atoms with Gasteiger partial charge in [0.25, 0.3) is 0 Å². The van der Waals surface area contributed by atoms with Gasteiger partial charge in [-0.3, -0.25) is 0 Å². The normalized spacial score (nSPS) is 52.0. The molecule has 15 heavy (non-hydrogen) atoms. The van der Waals surface area contributed by atoms with Gasteiger partial charge in [0.1, 0.15) is 0 Å². The zero-order valence-corrected chi connectivity index (χ0v) is 10.5. The van der Waals surface area contributed by atoms with Gasteiger partial charge in [-0.1, -0.05) is 13.8 Å². The molecular weight excluding hydrogens is 186 g/mol. The van der Waals surface area contributed by atoms with Gasteiger partial charge < -0.3 is 10.1 Å². The quantitative estimate of drug-likeness (QED) is 0.665. The van der Waals surface area contributed by atoms with E-state index in [4.69, 9.17) is 4.74 Å². The van der Waals surface area contributed by atoms with E-state index >= 15 is 0 Å². The van der Waals surface area contributed by atoms with Crippen LogP contribution in [0.25, 0.3) is 0 Å². The Morgan fingerprint density at radius 1 is 1.20 bits per heavy atom. The van der Waals surface area contributed by atoms with Crippen LogP contribution in [-0.2, 0) is 4.74 Å². The molecule has 1 aliphatic carbocycles. The molecule has 0 aromatic rings. The fourth-order valence-corrected chi connectivity index (χ4v) is 3.12. The first-order valence-corrected chi connectivity index (χ1v) is 6.45. The van der Waals surface area contributed by atoms with Gasteiger partial charge in [-0.15, -0.1) is 0 Å². The van der Waals surface area contributed by atoms with Gasteiger partial charge in [0.05, 0.1) is 11.7 Å². The van der Waals surface area contributed by atoms with E-state index in [9.17, 15) is 0 Å². The Morgan fingerprint density at radius 2 is 1.93 bits per heavy atom. The average Bonchev–Trinajstić information content (AvgIpc) is 2.19. The van der Waals surface area contributed by atoms with Crippen molar-refractivity contribution in [1.82, 2.24) is 5.32 Å².